The van der Waals surface area contributed by atoms with Crippen molar-refractivity contribution in [3.05, 3.63) is 71.3 Å². The van der Waals surface area contributed by atoms with E-state index in [4.69, 9.17) is 23.2 Å². The number of phenolic OH excluding ortho intramolecular Hbond substituents is 1. The number of halogens is 4. The number of nitrogens with zero attached hydrogens (tertiary/aromatic N) is 2. The molecule has 2 aromatic carbocycles. The summed E-state index contributed by atoms with van der Waals surface area (Å²) >= 11 is 14.3. The van der Waals surface area contributed by atoms with Crippen molar-refractivity contribution in [2.24, 2.45) is 17.8 Å². The molecule has 2 saturated heterocycles. The van der Waals surface area contributed by atoms with E-state index in [0.717, 1.165) is 29.2 Å². The van der Waals surface area contributed by atoms with Gasteiger partial charge in [-0.3, -0.25) is 24.1 Å². The van der Waals surface area contributed by atoms with Crippen LogP contribution < -0.4 is 4.90 Å². The van der Waals surface area contributed by atoms with Crippen molar-refractivity contribution in [1.82, 2.24) is 4.90 Å². The van der Waals surface area contributed by atoms with E-state index >= 15 is 0 Å². The Kier molecular flexibility index (Phi) is 5.72. The SMILES string of the molecule is CCN1C(=O)C2CC=C3C(CC4(Cl)C(=O)N(c5ccc(F)cc5)C(=O)C4(Cl)C3c3ccc(O)c(F)c3)C2C1=O. The van der Waals surface area contributed by atoms with E-state index in [0.29, 0.717) is 5.57 Å². The summed E-state index contributed by atoms with van der Waals surface area (Å²) < 4.78 is 28.3. The van der Waals surface area contributed by atoms with Gasteiger partial charge in [-0.1, -0.05) is 17.7 Å². The van der Waals surface area contributed by atoms with Crippen LogP contribution in [-0.4, -0.2) is 49.9 Å². The minimum absolute atomic E-state index is 0.0515. The minimum atomic E-state index is -2.16. The highest BCUT2D eigenvalue weighted by molar-refractivity contribution is 6.58. The monoisotopic (exact) mass is 574 g/mol. The van der Waals surface area contributed by atoms with Gasteiger partial charge in [-0.05, 0) is 67.6 Å². The van der Waals surface area contributed by atoms with Gasteiger partial charge in [0.05, 0.1) is 17.5 Å². The zero-order valence-corrected chi connectivity index (χ0v) is 22.0. The number of allylic oxidation sites excluding steroid dienone is 2. The van der Waals surface area contributed by atoms with Gasteiger partial charge in [0, 0.05) is 12.5 Å². The van der Waals surface area contributed by atoms with Gasteiger partial charge in [-0.15, -0.1) is 23.2 Å². The summed E-state index contributed by atoms with van der Waals surface area (Å²) in [5, 5.41) is 9.83. The molecule has 6 atom stereocenters. The quantitative estimate of drug-likeness (QED) is 0.336. The molecule has 1 saturated carbocycles. The Morgan fingerprint density at radius 3 is 2.31 bits per heavy atom. The summed E-state index contributed by atoms with van der Waals surface area (Å²) in [5.41, 5.74) is 0.732. The van der Waals surface area contributed by atoms with Crippen LogP contribution in [0.25, 0.3) is 0 Å². The number of phenols is 1. The molecule has 3 fully saturated rings. The number of likely N-dealkylation sites (tertiary alicyclic amines) is 1. The van der Waals surface area contributed by atoms with Gasteiger partial charge < -0.3 is 5.11 Å². The largest absolute Gasteiger partial charge is 0.505 e. The molecule has 1 N–H and O–H groups in total. The van der Waals surface area contributed by atoms with Gasteiger partial charge >= 0.3 is 0 Å². The summed E-state index contributed by atoms with van der Waals surface area (Å²) in [6, 6.07) is 8.19. The number of hydrogen-bond donors (Lipinski definition) is 1. The summed E-state index contributed by atoms with van der Waals surface area (Å²) in [4.78, 5) is 52.3. The number of rotatable bonds is 3. The Balaban J connectivity index is 1.57. The second kappa shape index (κ2) is 8.60. The van der Waals surface area contributed by atoms with Crippen LogP contribution >= 0.6 is 23.2 Å². The molecule has 6 unspecified atom stereocenters. The number of aromatic hydroxyl groups is 1. The molecule has 202 valence electrons. The third kappa shape index (κ3) is 3.26. The summed E-state index contributed by atoms with van der Waals surface area (Å²) in [6.07, 6.45) is 1.71. The van der Waals surface area contributed by atoms with Gasteiger partial charge in [0.25, 0.3) is 11.8 Å². The molecule has 39 heavy (non-hydrogen) atoms. The maximum Gasteiger partial charge on any atom is 0.258 e. The predicted octanol–water partition coefficient (Wildman–Crippen LogP) is 4.25. The van der Waals surface area contributed by atoms with Gasteiger partial charge in [-0.25, -0.2) is 13.7 Å². The number of anilines is 1. The lowest BCUT2D eigenvalue weighted by atomic mass is 9.56. The van der Waals surface area contributed by atoms with Crippen LogP contribution in [0.5, 0.6) is 5.75 Å². The molecular weight excluding hydrogens is 553 g/mol. The fourth-order valence-electron chi connectivity index (χ4n) is 6.85. The molecule has 0 spiro atoms. The number of imide groups is 2. The molecule has 6 rings (SSSR count). The summed E-state index contributed by atoms with van der Waals surface area (Å²) in [6.45, 7) is 1.87. The highest BCUT2D eigenvalue weighted by atomic mass is 35.5. The molecule has 7 nitrogen and oxygen atoms in total. The van der Waals surface area contributed by atoms with Crippen LogP contribution in [-0.2, 0) is 19.2 Å². The van der Waals surface area contributed by atoms with Crippen molar-refractivity contribution in [3.8, 4) is 5.75 Å². The summed E-state index contributed by atoms with van der Waals surface area (Å²) in [5.74, 6) is -8.03. The minimum Gasteiger partial charge on any atom is -0.505 e. The zero-order chi connectivity index (χ0) is 28.0. The third-order valence-electron chi connectivity index (χ3n) is 8.61. The number of carbonyl (C=O) groups is 4. The Labute approximate surface area is 232 Å². The Bertz CT molecular complexity index is 1500. The maximum atomic E-state index is 14.7. The lowest BCUT2D eigenvalue weighted by molar-refractivity contribution is -0.140. The van der Waals surface area contributed by atoms with Crippen molar-refractivity contribution in [2.75, 3.05) is 11.4 Å². The van der Waals surface area contributed by atoms with Crippen LogP contribution in [0.1, 0.15) is 31.2 Å². The predicted molar refractivity (Wildman–Crippen MR) is 137 cm³/mol. The van der Waals surface area contributed by atoms with Crippen molar-refractivity contribution < 1.29 is 33.1 Å². The van der Waals surface area contributed by atoms with E-state index in [9.17, 15) is 33.1 Å². The number of hydrogen-bond acceptors (Lipinski definition) is 5. The topological polar surface area (TPSA) is 95.0 Å². The van der Waals surface area contributed by atoms with E-state index in [1.807, 2.05) is 0 Å². The first kappa shape index (κ1) is 26.0. The molecule has 2 aliphatic heterocycles. The molecule has 2 aromatic rings. The Morgan fingerprint density at radius 2 is 1.67 bits per heavy atom. The molecule has 0 aromatic heterocycles. The van der Waals surface area contributed by atoms with Crippen molar-refractivity contribution in [1.29, 1.82) is 0 Å². The Morgan fingerprint density at radius 1 is 0.974 bits per heavy atom. The fourth-order valence-corrected chi connectivity index (χ4v) is 7.79. The first-order valence-electron chi connectivity index (χ1n) is 12.5. The van der Waals surface area contributed by atoms with Crippen LogP contribution in [0.4, 0.5) is 14.5 Å². The molecular formula is C28H22Cl2F2N2O5. The molecule has 4 aliphatic rings. The smallest absolute Gasteiger partial charge is 0.258 e. The second-order valence-corrected chi connectivity index (χ2v) is 11.6. The van der Waals surface area contributed by atoms with Gasteiger partial charge in [0.1, 0.15) is 5.82 Å². The second-order valence-electron chi connectivity index (χ2n) is 10.4. The highest BCUT2D eigenvalue weighted by Crippen LogP contribution is 2.65. The molecule has 4 amide bonds. The third-order valence-corrected chi connectivity index (χ3v) is 10.0. The van der Waals surface area contributed by atoms with Crippen LogP contribution in [0, 0.1) is 29.4 Å². The molecule has 11 heteroatoms. The number of fused-ring (bicyclic) bond motifs is 4. The van der Waals surface area contributed by atoms with Crippen molar-refractivity contribution in [3.63, 3.8) is 0 Å². The standard InChI is InChI=1S/C28H22Cl2F2N2O5/c1-2-33-23(36)17-9-8-16-18(21(17)24(33)37)12-27(29)25(38)34(15-6-4-14(31)5-7-15)26(39)28(27,30)22(16)13-3-10-20(35)19(32)11-13/h3-8,10-11,17-18,21-22,35H,2,9,12H2,1H3. The van der Waals surface area contributed by atoms with Gasteiger partial charge in [0.2, 0.25) is 11.8 Å². The normalized spacial score (nSPS) is 33.7. The average Bonchev–Trinajstić information content (AvgIpc) is 3.24. The lowest BCUT2D eigenvalue weighted by Crippen LogP contribution is -2.60. The fraction of sp³-hybridized carbons (Fsp3) is 0.357. The van der Waals surface area contributed by atoms with Crippen LogP contribution in [0.2, 0.25) is 0 Å². The van der Waals surface area contributed by atoms with E-state index in [1.54, 1.807) is 13.0 Å². The molecule has 0 bridgehead atoms. The number of amides is 4. The number of alkyl halides is 2. The first-order valence-corrected chi connectivity index (χ1v) is 13.3. The molecule has 2 heterocycles. The lowest BCUT2D eigenvalue weighted by Gasteiger charge is -2.50. The highest BCUT2D eigenvalue weighted by Gasteiger charge is 2.76. The molecule has 0 radical (unpaired) electrons. The number of carbonyl (C=O) groups excluding carboxylic acids is 4. The summed E-state index contributed by atoms with van der Waals surface area (Å²) in [7, 11) is 0. The van der Waals surface area contributed by atoms with E-state index < -0.39 is 68.5 Å². The first-order chi connectivity index (χ1) is 18.5. The van der Waals surface area contributed by atoms with Crippen LogP contribution in [0.15, 0.2) is 54.1 Å². The Hall–Kier alpha value is -3.30. The van der Waals surface area contributed by atoms with E-state index in [2.05, 4.69) is 0 Å². The van der Waals surface area contributed by atoms with Gasteiger partial charge in [0.15, 0.2) is 21.3 Å². The van der Waals surface area contributed by atoms with Crippen molar-refractivity contribution >= 4 is 52.5 Å². The van der Waals surface area contributed by atoms with E-state index in [-0.39, 0.29) is 36.5 Å². The zero-order valence-electron chi connectivity index (χ0n) is 20.5. The van der Waals surface area contributed by atoms with Crippen LogP contribution in [0.3, 0.4) is 0 Å². The molecule has 2 aliphatic carbocycles. The van der Waals surface area contributed by atoms with Gasteiger partial charge in [-0.2, -0.15) is 0 Å². The maximum absolute atomic E-state index is 14.7. The van der Waals surface area contributed by atoms with Crippen molar-refractivity contribution in [2.45, 2.75) is 35.4 Å². The van der Waals surface area contributed by atoms with E-state index in [1.165, 1.54) is 23.1 Å². The number of benzene rings is 2. The average molecular weight is 575 g/mol.